The molecule has 1 aliphatic heterocycles. The Bertz CT molecular complexity index is 243. The van der Waals surface area contributed by atoms with E-state index in [-0.39, 0.29) is 5.91 Å². The zero-order valence-corrected chi connectivity index (χ0v) is 11.9. The molecule has 1 saturated heterocycles. The van der Waals surface area contributed by atoms with Gasteiger partial charge in [-0.2, -0.15) is 0 Å². The summed E-state index contributed by atoms with van der Waals surface area (Å²) in [5.41, 5.74) is 0. The Labute approximate surface area is 105 Å². The van der Waals surface area contributed by atoms with Crippen molar-refractivity contribution in [1.82, 2.24) is 15.1 Å². The molecule has 0 saturated carbocycles. The van der Waals surface area contributed by atoms with Crippen LogP contribution in [0.3, 0.4) is 0 Å². The predicted molar refractivity (Wildman–Crippen MR) is 71.0 cm³/mol. The normalized spacial score (nSPS) is 26.6. The lowest BCUT2D eigenvalue weighted by Gasteiger charge is -2.42. The molecule has 0 aliphatic carbocycles. The number of rotatable bonds is 4. The lowest BCUT2D eigenvalue weighted by molar-refractivity contribution is -0.135. The van der Waals surface area contributed by atoms with Crippen LogP contribution in [0.2, 0.25) is 0 Å². The van der Waals surface area contributed by atoms with E-state index in [0.717, 1.165) is 19.6 Å². The first-order valence-electron chi connectivity index (χ1n) is 6.65. The van der Waals surface area contributed by atoms with Crippen LogP contribution in [-0.4, -0.2) is 60.5 Å². The second-order valence-electron chi connectivity index (χ2n) is 5.52. The van der Waals surface area contributed by atoms with Crippen molar-refractivity contribution in [1.29, 1.82) is 0 Å². The Balaban J connectivity index is 2.37. The van der Waals surface area contributed by atoms with Crippen molar-refractivity contribution < 1.29 is 4.79 Å². The number of carbonyl (C=O) groups is 1. The predicted octanol–water partition coefficient (Wildman–Crippen LogP) is 0.926. The number of carbonyl (C=O) groups excluding carboxylic acids is 1. The SMILES string of the molecule is CC(C)NCCC(=O)N1CC(C)N(C)C(C)C1. The molecule has 2 atom stereocenters. The van der Waals surface area contributed by atoms with E-state index >= 15 is 0 Å². The fraction of sp³-hybridized carbons (Fsp3) is 0.923. The Kier molecular flexibility index (Phi) is 5.40. The monoisotopic (exact) mass is 241 g/mol. The second-order valence-corrected chi connectivity index (χ2v) is 5.52. The molecule has 0 aromatic rings. The van der Waals surface area contributed by atoms with Gasteiger partial charge in [0.25, 0.3) is 0 Å². The fourth-order valence-electron chi connectivity index (χ4n) is 2.23. The Morgan fingerprint density at radius 2 is 1.82 bits per heavy atom. The number of nitrogens with one attached hydrogen (secondary N) is 1. The number of hydrogen-bond donors (Lipinski definition) is 1. The van der Waals surface area contributed by atoms with Gasteiger partial charge < -0.3 is 10.2 Å². The Morgan fingerprint density at radius 3 is 2.29 bits per heavy atom. The average molecular weight is 241 g/mol. The van der Waals surface area contributed by atoms with Crippen molar-refractivity contribution in [3.8, 4) is 0 Å². The molecule has 1 heterocycles. The first kappa shape index (κ1) is 14.5. The van der Waals surface area contributed by atoms with E-state index in [0.29, 0.717) is 24.5 Å². The Hall–Kier alpha value is -0.610. The van der Waals surface area contributed by atoms with Gasteiger partial charge in [-0.25, -0.2) is 0 Å². The number of hydrogen-bond acceptors (Lipinski definition) is 3. The zero-order valence-electron chi connectivity index (χ0n) is 11.9. The van der Waals surface area contributed by atoms with Crippen molar-refractivity contribution in [3.63, 3.8) is 0 Å². The lowest BCUT2D eigenvalue weighted by Crippen LogP contribution is -2.56. The van der Waals surface area contributed by atoms with Gasteiger partial charge in [0.1, 0.15) is 0 Å². The highest BCUT2D eigenvalue weighted by molar-refractivity contribution is 5.76. The van der Waals surface area contributed by atoms with Crippen molar-refractivity contribution in [2.45, 2.75) is 52.2 Å². The maximum absolute atomic E-state index is 12.0. The molecule has 1 aliphatic rings. The first-order valence-corrected chi connectivity index (χ1v) is 6.65. The van der Waals surface area contributed by atoms with Gasteiger partial charge in [0.05, 0.1) is 0 Å². The molecule has 0 radical (unpaired) electrons. The van der Waals surface area contributed by atoms with Gasteiger partial charge in [0.2, 0.25) is 5.91 Å². The maximum Gasteiger partial charge on any atom is 0.223 e. The molecule has 1 amide bonds. The summed E-state index contributed by atoms with van der Waals surface area (Å²) < 4.78 is 0. The van der Waals surface area contributed by atoms with E-state index in [2.05, 4.69) is 45.0 Å². The van der Waals surface area contributed by atoms with E-state index in [1.807, 2.05) is 4.90 Å². The molecule has 100 valence electrons. The van der Waals surface area contributed by atoms with Gasteiger partial charge in [0, 0.05) is 44.2 Å². The highest BCUT2D eigenvalue weighted by atomic mass is 16.2. The topological polar surface area (TPSA) is 35.6 Å². The fourth-order valence-corrected chi connectivity index (χ4v) is 2.23. The molecule has 0 aromatic heterocycles. The van der Waals surface area contributed by atoms with E-state index in [9.17, 15) is 4.79 Å². The van der Waals surface area contributed by atoms with Gasteiger partial charge in [0.15, 0.2) is 0 Å². The van der Waals surface area contributed by atoms with E-state index in [1.54, 1.807) is 0 Å². The molecule has 0 aromatic carbocycles. The molecule has 17 heavy (non-hydrogen) atoms. The van der Waals surface area contributed by atoms with Crippen LogP contribution in [-0.2, 0) is 4.79 Å². The largest absolute Gasteiger partial charge is 0.340 e. The quantitative estimate of drug-likeness (QED) is 0.795. The molecular formula is C13H27N3O. The standard InChI is InChI=1S/C13H27N3O/c1-10(2)14-7-6-13(17)16-8-11(3)15(5)12(4)9-16/h10-12,14H,6-9H2,1-5H3. The van der Waals surface area contributed by atoms with Crippen LogP contribution in [0.5, 0.6) is 0 Å². The van der Waals surface area contributed by atoms with Crippen molar-refractivity contribution in [3.05, 3.63) is 0 Å². The summed E-state index contributed by atoms with van der Waals surface area (Å²) in [5.74, 6) is 0.282. The summed E-state index contributed by atoms with van der Waals surface area (Å²) >= 11 is 0. The molecule has 4 heteroatoms. The molecule has 1 N–H and O–H groups in total. The summed E-state index contributed by atoms with van der Waals surface area (Å²) in [5, 5.41) is 3.29. The molecule has 4 nitrogen and oxygen atoms in total. The van der Waals surface area contributed by atoms with Crippen molar-refractivity contribution >= 4 is 5.91 Å². The van der Waals surface area contributed by atoms with Gasteiger partial charge >= 0.3 is 0 Å². The molecule has 2 unspecified atom stereocenters. The van der Waals surface area contributed by atoms with E-state index in [4.69, 9.17) is 0 Å². The number of likely N-dealkylation sites (N-methyl/N-ethyl adjacent to an activating group) is 1. The summed E-state index contributed by atoms with van der Waals surface area (Å²) in [6.07, 6.45) is 0.612. The number of nitrogens with zero attached hydrogens (tertiary/aromatic N) is 2. The maximum atomic E-state index is 12.0. The summed E-state index contributed by atoms with van der Waals surface area (Å²) in [7, 11) is 2.14. The van der Waals surface area contributed by atoms with Crippen LogP contribution < -0.4 is 5.32 Å². The van der Waals surface area contributed by atoms with Crippen LogP contribution in [0.15, 0.2) is 0 Å². The van der Waals surface area contributed by atoms with Crippen LogP contribution in [0.25, 0.3) is 0 Å². The molecule has 0 spiro atoms. The van der Waals surface area contributed by atoms with Crippen LogP contribution in [0, 0.1) is 0 Å². The molecule has 0 bridgehead atoms. The lowest BCUT2D eigenvalue weighted by atomic mass is 10.1. The van der Waals surface area contributed by atoms with Crippen LogP contribution >= 0.6 is 0 Å². The van der Waals surface area contributed by atoms with Crippen LogP contribution in [0.1, 0.15) is 34.1 Å². The zero-order chi connectivity index (χ0) is 13.0. The van der Waals surface area contributed by atoms with Gasteiger partial charge in [-0.15, -0.1) is 0 Å². The molecule has 1 fully saturated rings. The summed E-state index contributed by atoms with van der Waals surface area (Å²) in [4.78, 5) is 16.4. The highest BCUT2D eigenvalue weighted by Gasteiger charge is 2.28. The highest BCUT2D eigenvalue weighted by Crippen LogP contribution is 2.13. The molecular weight excluding hydrogens is 214 g/mol. The number of amides is 1. The van der Waals surface area contributed by atoms with E-state index in [1.165, 1.54) is 0 Å². The molecule has 1 rings (SSSR count). The third-order valence-electron chi connectivity index (χ3n) is 3.60. The third kappa shape index (κ3) is 4.28. The van der Waals surface area contributed by atoms with Gasteiger partial charge in [-0.3, -0.25) is 9.69 Å². The smallest absolute Gasteiger partial charge is 0.223 e. The second kappa shape index (κ2) is 6.36. The van der Waals surface area contributed by atoms with Gasteiger partial charge in [-0.1, -0.05) is 13.8 Å². The first-order chi connectivity index (χ1) is 7.91. The van der Waals surface area contributed by atoms with Crippen molar-refractivity contribution in [2.75, 3.05) is 26.7 Å². The van der Waals surface area contributed by atoms with Crippen molar-refractivity contribution in [2.24, 2.45) is 0 Å². The third-order valence-corrected chi connectivity index (χ3v) is 3.60. The van der Waals surface area contributed by atoms with E-state index < -0.39 is 0 Å². The Morgan fingerprint density at radius 1 is 1.29 bits per heavy atom. The number of piperazine rings is 1. The average Bonchev–Trinajstić information content (AvgIpc) is 2.24. The summed E-state index contributed by atoms with van der Waals surface area (Å²) in [6, 6.07) is 1.37. The summed E-state index contributed by atoms with van der Waals surface area (Å²) in [6.45, 7) is 11.1. The van der Waals surface area contributed by atoms with Crippen LogP contribution in [0.4, 0.5) is 0 Å². The minimum Gasteiger partial charge on any atom is -0.340 e. The minimum absolute atomic E-state index is 0.282. The minimum atomic E-state index is 0.282. The van der Waals surface area contributed by atoms with Gasteiger partial charge in [-0.05, 0) is 20.9 Å².